The van der Waals surface area contributed by atoms with Gasteiger partial charge in [-0.25, -0.2) is 18.0 Å². The van der Waals surface area contributed by atoms with E-state index in [1.807, 2.05) is 59.3 Å². The van der Waals surface area contributed by atoms with Gasteiger partial charge < -0.3 is 24.8 Å². The highest BCUT2D eigenvalue weighted by atomic mass is 32.2. The number of amides is 4. The van der Waals surface area contributed by atoms with Crippen molar-refractivity contribution >= 4 is 44.6 Å². The number of likely N-dealkylation sites (tertiary alicyclic amines) is 2. The van der Waals surface area contributed by atoms with Gasteiger partial charge in [-0.3, -0.25) is 14.4 Å². The number of sulfonamides is 1. The third-order valence-corrected chi connectivity index (χ3v) is 12.4. The van der Waals surface area contributed by atoms with E-state index >= 15 is 0 Å². The molecule has 4 aliphatic heterocycles. The molecule has 274 valence electrons. The topological polar surface area (TPSA) is 141 Å². The molecule has 3 fully saturated rings. The second-order valence-corrected chi connectivity index (χ2v) is 16.2. The molecule has 4 amide bonds. The second-order valence-electron chi connectivity index (χ2n) is 14.2. The Balaban J connectivity index is 0.981. The molecular formula is C36H48N8O6S. The van der Waals surface area contributed by atoms with Crippen molar-refractivity contribution in [1.29, 1.82) is 0 Å². The average molecular weight is 721 g/mol. The van der Waals surface area contributed by atoms with E-state index in [4.69, 9.17) is 4.74 Å². The van der Waals surface area contributed by atoms with Crippen molar-refractivity contribution in [3.05, 3.63) is 59.8 Å². The number of piperazine rings is 1. The monoisotopic (exact) mass is 720 g/mol. The summed E-state index contributed by atoms with van der Waals surface area (Å²) >= 11 is 0. The number of nitrogens with zero attached hydrogens (tertiary/aromatic N) is 7. The summed E-state index contributed by atoms with van der Waals surface area (Å²) in [5, 5.41) is 8.34. The van der Waals surface area contributed by atoms with Gasteiger partial charge in [-0.05, 0) is 61.4 Å². The third kappa shape index (κ3) is 7.85. The summed E-state index contributed by atoms with van der Waals surface area (Å²) in [6.07, 6.45) is 5.34. The molecule has 2 aromatic carbocycles. The van der Waals surface area contributed by atoms with Gasteiger partial charge >= 0.3 is 12.1 Å². The normalized spacial score (nSPS) is 20.9. The fourth-order valence-corrected chi connectivity index (χ4v) is 8.91. The van der Waals surface area contributed by atoms with Crippen molar-refractivity contribution in [3.63, 3.8) is 0 Å². The van der Waals surface area contributed by atoms with Crippen molar-refractivity contribution in [2.24, 2.45) is 7.05 Å². The van der Waals surface area contributed by atoms with Crippen LogP contribution in [0, 0.1) is 0 Å². The van der Waals surface area contributed by atoms with E-state index in [1.165, 1.54) is 10.6 Å². The lowest BCUT2D eigenvalue weighted by Crippen LogP contribution is -2.55. The minimum Gasteiger partial charge on any atom is -0.436 e. The number of nitrogens with one attached hydrogen (secondary N) is 1. The highest BCUT2D eigenvalue weighted by Crippen LogP contribution is 2.26. The fourth-order valence-electron chi connectivity index (χ4n) is 8.08. The predicted molar refractivity (Wildman–Crippen MR) is 193 cm³/mol. The molecule has 0 saturated carbocycles. The number of hydrogen-bond donors (Lipinski definition) is 1. The number of carbonyl (C=O) groups excluding carboxylic acids is 3. The number of hydrogen-bond acceptors (Lipinski definition) is 8. The van der Waals surface area contributed by atoms with Crippen LogP contribution >= 0.6 is 0 Å². The summed E-state index contributed by atoms with van der Waals surface area (Å²) in [6, 6.07) is 13.9. The zero-order valence-corrected chi connectivity index (χ0v) is 30.3. The molecule has 0 bridgehead atoms. The molecule has 14 nitrogen and oxygen atoms in total. The number of aromatic nitrogens is 2. The first-order valence-corrected chi connectivity index (χ1v) is 19.9. The van der Waals surface area contributed by atoms with Crippen molar-refractivity contribution in [2.45, 2.75) is 56.7 Å². The number of para-hydroxylation sites is 1. The number of anilines is 1. The minimum absolute atomic E-state index is 0.00245. The van der Waals surface area contributed by atoms with Gasteiger partial charge in [0.1, 0.15) is 0 Å². The molecular weight excluding hydrogens is 673 g/mol. The first kappa shape index (κ1) is 35.2. The van der Waals surface area contributed by atoms with Gasteiger partial charge in [-0.2, -0.15) is 9.40 Å². The van der Waals surface area contributed by atoms with Gasteiger partial charge in [0.05, 0.1) is 18.0 Å². The molecule has 1 atom stereocenters. The summed E-state index contributed by atoms with van der Waals surface area (Å²) in [7, 11) is -1.32. The zero-order valence-electron chi connectivity index (χ0n) is 29.4. The van der Waals surface area contributed by atoms with Gasteiger partial charge in [-0.1, -0.05) is 24.3 Å². The van der Waals surface area contributed by atoms with Crippen LogP contribution in [0.25, 0.3) is 10.9 Å². The molecule has 1 aromatic heterocycles. The van der Waals surface area contributed by atoms with Crippen LogP contribution in [0.3, 0.4) is 0 Å². The number of fused-ring (bicyclic) bond motifs is 2. The Bertz CT molecular complexity index is 1860. The van der Waals surface area contributed by atoms with E-state index in [0.717, 1.165) is 47.0 Å². The van der Waals surface area contributed by atoms with Crippen LogP contribution in [0.15, 0.2) is 48.7 Å². The van der Waals surface area contributed by atoms with Crippen LogP contribution in [0.4, 0.5) is 15.3 Å². The summed E-state index contributed by atoms with van der Waals surface area (Å²) in [6.45, 7) is 4.87. The number of rotatable bonds is 7. The molecule has 51 heavy (non-hydrogen) atoms. The van der Waals surface area contributed by atoms with Gasteiger partial charge in [0.15, 0.2) is 6.10 Å². The third-order valence-electron chi connectivity index (χ3n) is 11.1. The smallest absolute Gasteiger partial charge is 0.410 e. The number of ether oxygens (including phenoxy) is 1. The van der Waals surface area contributed by atoms with Crippen LogP contribution < -0.4 is 5.32 Å². The Morgan fingerprint density at radius 1 is 0.902 bits per heavy atom. The molecule has 3 aromatic rings. The molecule has 5 heterocycles. The largest absolute Gasteiger partial charge is 0.436 e. The van der Waals surface area contributed by atoms with Crippen molar-refractivity contribution in [2.75, 3.05) is 70.5 Å². The SMILES string of the molecule is Cn1ncc2cc(C[C@@H](OC(=O)N3CCC(N4CCc5ccccc5NC4=O)CC3)C(=O)N3CCC(N4CCN(S(C)(=O)=O)CC4)CC3)ccc21. The molecule has 3 saturated heterocycles. The number of benzene rings is 2. The van der Waals surface area contributed by atoms with Crippen LogP contribution in [0.2, 0.25) is 0 Å². The highest BCUT2D eigenvalue weighted by molar-refractivity contribution is 7.88. The Hall–Kier alpha value is -4.21. The van der Waals surface area contributed by atoms with Crippen LogP contribution in [-0.4, -0.2) is 143 Å². The lowest BCUT2D eigenvalue weighted by molar-refractivity contribution is -0.142. The Labute approximate surface area is 299 Å². The second kappa shape index (κ2) is 14.8. The highest BCUT2D eigenvalue weighted by Gasteiger charge is 2.37. The van der Waals surface area contributed by atoms with E-state index in [-0.39, 0.29) is 30.4 Å². The molecule has 0 unspecified atom stereocenters. The molecule has 1 N–H and O–H groups in total. The number of piperidine rings is 2. The summed E-state index contributed by atoms with van der Waals surface area (Å²) in [5.74, 6) is -0.203. The standard InChI is InChI=1S/C36H48N8O6S/c1-39-32-8-7-26(23-28(32)25-37-39)24-33(34(45)41-14-10-29(11-15-41)40-19-21-43(22-20-40)51(2,48)49)50-36(47)42-16-12-30(13-17-42)44-18-9-27-5-3-4-6-31(27)38-35(44)46/h3-8,23,25,29-30,33H,9-22,24H2,1-2H3,(H,38,46)/t33-/m1/s1. The van der Waals surface area contributed by atoms with Gasteiger partial charge in [0, 0.05) is 95.5 Å². The summed E-state index contributed by atoms with van der Waals surface area (Å²) in [4.78, 5) is 48.6. The van der Waals surface area contributed by atoms with E-state index in [1.54, 1.807) is 15.8 Å². The van der Waals surface area contributed by atoms with Crippen LogP contribution in [0.5, 0.6) is 0 Å². The molecule has 7 rings (SSSR count). The predicted octanol–water partition coefficient (Wildman–Crippen LogP) is 2.74. The summed E-state index contributed by atoms with van der Waals surface area (Å²) < 4.78 is 33.3. The summed E-state index contributed by atoms with van der Waals surface area (Å²) in [5.41, 5.74) is 3.82. The maximum absolute atomic E-state index is 14.1. The maximum atomic E-state index is 14.1. The van der Waals surface area contributed by atoms with Crippen molar-refractivity contribution < 1.29 is 27.5 Å². The molecule has 0 spiro atoms. The quantitative estimate of drug-likeness (QED) is 0.393. The van der Waals surface area contributed by atoms with Gasteiger partial charge in [-0.15, -0.1) is 0 Å². The Morgan fingerprint density at radius 2 is 1.59 bits per heavy atom. The first-order chi connectivity index (χ1) is 24.5. The first-order valence-electron chi connectivity index (χ1n) is 18.0. The lowest BCUT2D eigenvalue weighted by atomic mass is 10.00. The van der Waals surface area contributed by atoms with Crippen molar-refractivity contribution in [3.8, 4) is 0 Å². The van der Waals surface area contributed by atoms with Gasteiger partial charge in [0.25, 0.3) is 5.91 Å². The van der Waals surface area contributed by atoms with E-state index < -0.39 is 22.2 Å². The minimum atomic E-state index is -3.20. The van der Waals surface area contributed by atoms with E-state index in [9.17, 15) is 22.8 Å². The zero-order chi connectivity index (χ0) is 35.7. The number of urea groups is 1. The Morgan fingerprint density at radius 3 is 2.31 bits per heavy atom. The average Bonchev–Trinajstić information content (AvgIpc) is 3.41. The van der Waals surface area contributed by atoms with E-state index in [2.05, 4.69) is 15.3 Å². The number of carbonyl (C=O) groups is 3. The molecule has 15 heteroatoms. The van der Waals surface area contributed by atoms with Gasteiger partial charge in [0.2, 0.25) is 10.0 Å². The van der Waals surface area contributed by atoms with E-state index in [0.29, 0.717) is 71.7 Å². The molecule has 0 radical (unpaired) electrons. The molecule has 0 aliphatic carbocycles. The maximum Gasteiger partial charge on any atom is 0.410 e. The Kier molecular flexibility index (Phi) is 10.2. The van der Waals surface area contributed by atoms with Crippen LogP contribution in [0.1, 0.15) is 36.8 Å². The number of aryl methyl sites for hydroxylation is 1. The lowest BCUT2D eigenvalue weighted by Gasteiger charge is -2.42. The van der Waals surface area contributed by atoms with Crippen LogP contribution in [-0.2, 0) is 39.4 Å². The van der Waals surface area contributed by atoms with Crippen molar-refractivity contribution in [1.82, 2.24) is 33.7 Å². The fraction of sp³-hybridized carbons (Fsp3) is 0.556. The molecule has 4 aliphatic rings.